The summed E-state index contributed by atoms with van der Waals surface area (Å²) in [6.07, 6.45) is 1.05. The van der Waals surface area contributed by atoms with Gasteiger partial charge in [0.1, 0.15) is 5.82 Å². The SMILES string of the molecule is Cc1ccc(C(N)=O)c(N2CCCNCC2)n1. The van der Waals surface area contributed by atoms with E-state index in [1.807, 2.05) is 13.0 Å². The number of hydrogen-bond donors (Lipinski definition) is 2. The van der Waals surface area contributed by atoms with E-state index in [1.165, 1.54) is 0 Å². The Morgan fingerprint density at radius 2 is 2.24 bits per heavy atom. The molecule has 1 aromatic heterocycles. The van der Waals surface area contributed by atoms with Crippen LogP contribution in [0.5, 0.6) is 0 Å². The van der Waals surface area contributed by atoms with Gasteiger partial charge in [0.25, 0.3) is 5.91 Å². The van der Waals surface area contributed by atoms with Crippen molar-refractivity contribution in [3.05, 3.63) is 23.4 Å². The van der Waals surface area contributed by atoms with Crippen LogP contribution < -0.4 is 16.0 Å². The zero-order valence-electron chi connectivity index (χ0n) is 10.1. The number of pyridine rings is 1. The number of amides is 1. The lowest BCUT2D eigenvalue weighted by molar-refractivity contribution is 0.100. The Bertz CT molecular complexity index is 411. The maximum Gasteiger partial charge on any atom is 0.252 e. The maximum absolute atomic E-state index is 11.4. The summed E-state index contributed by atoms with van der Waals surface area (Å²) in [6, 6.07) is 3.58. The van der Waals surface area contributed by atoms with Gasteiger partial charge in [-0.2, -0.15) is 0 Å². The average molecular weight is 234 g/mol. The lowest BCUT2D eigenvalue weighted by Gasteiger charge is -2.23. The third kappa shape index (κ3) is 2.74. The van der Waals surface area contributed by atoms with E-state index in [0.29, 0.717) is 5.56 Å². The number of nitrogens with zero attached hydrogens (tertiary/aromatic N) is 2. The molecule has 17 heavy (non-hydrogen) atoms. The Hall–Kier alpha value is -1.62. The van der Waals surface area contributed by atoms with Crippen molar-refractivity contribution < 1.29 is 4.79 Å². The van der Waals surface area contributed by atoms with Crippen LogP contribution in [0, 0.1) is 6.92 Å². The smallest absolute Gasteiger partial charge is 0.252 e. The fraction of sp³-hybridized carbons (Fsp3) is 0.500. The highest BCUT2D eigenvalue weighted by molar-refractivity contribution is 5.97. The van der Waals surface area contributed by atoms with Crippen LogP contribution in [0.15, 0.2) is 12.1 Å². The largest absolute Gasteiger partial charge is 0.365 e. The molecular weight excluding hydrogens is 216 g/mol. The summed E-state index contributed by atoms with van der Waals surface area (Å²) in [7, 11) is 0. The highest BCUT2D eigenvalue weighted by Crippen LogP contribution is 2.18. The predicted molar refractivity (Wildman–Crippen MR) is 67.2 cm³/mol. The van der Waals surface area contributed by atoms with Crippen molar-refractivity contribution in [2.45, 2.75) is 13.3 Å². The third-order valence-electron chi connectivity index (χ3n) is 2.92. The highest BCUT2D eigenvalue weighted by Gasteiger charge is 2.17. The van der Waals surface area contributed by atoms with Crippen molar-refractivity contribution in [2.24, 2.45) is 5.73 Å². The van der Waals surface area contributed by atoms with E-state index >= 15 is 0 Å². The summed E-state index contributed by atoms with van der Waals surface area (Å²) in [5.74, 6) is 0.311. The molecule has 1 aliphatic heterocycles. The molecule has 1 aliphatic rings. The minimum atomic E-state index is -0.412. The van der Waals surface area contributed by atoms with Crippen LogP contribution in [0.1, 0.15) is 22.5 Å². The van der Waals surface area contributed by atoms with E-state index in [9.17, 15) is 4.79 Å². The molecule has 0 spiro atoms. The lowest BCUT2D eigenvalue weighted by atomic mass is 10.2. The number of nitrogens with one attached hydrogen (secondary N) is 1. The van der Waals surface area contributed by atoms with Crippen molar-refractivity contribution in [3.8, 4) is 0 Å². The number of primary amides is 1. The van der Waals surface area contributed by atoms with E-state index in [2.05, 4.69) is 15.2 Å². The summed E-state index contributed by atoms with van der Waals surface area (Å²) in [5.41, 5.74) is 6.81. The molecule has 1 fully saturated rings. The average Bonchev–Trinajstić information content (AvgIpc) is 2.56. The Morgan fingerprint density at radius 1 is 1.41 bits per heavy atom. The first-order valence-electron chi connectivity index (χ1n) is 5.91. The van der Waals surface area contributed by atoms with Crippen LogP contribution >= 0.6 is 0 Å². The molecule has 0 atom stereocenters. The van der Waals surface area contributed by atoms with Gasteiger partial charge in [0.15, 0.2) is 0 Å². The zero-order valence-corrected chi connectivity index (χ0v) is 10.1. The summed E-state index contributed by atoms with van der Waals surface area (Å²) in [4.78, 5) is 18.0. The molecule has 5 nitrogen and oxygen atoms in total. The minimum absolute atomic E-state index is 0.412. The number of carbonyl (C=O) groups is 1. The van der Waals surface area contributed by atoms with Gasteiger partial charge in [-0.05, 0) is 32.0 Å². The first-order valence-corrected chi connectivity index (χ1v) is 5.91. The molecule has 0 saturated carbocycles. The van der Waals surface area contributed by atoms with E-state index < -0.39 is 5.91 Å². The van der Waals surface area contributed by atoms with Crippen LogP contribution in [0.4, 0.5) is 5.82 Å². The molecule has 0 unspecified atom stereocenters. The fourth-order valence-electron chi connectivity index (χ4n) is 2.03. The number of anilines is 1. The molecule has 5 heteroatoms. The second-order valence-corrected chi connectivity index (χ2v) is 4.28. The molecule has 2 rings (SSSR count). The number of aromatic nitrogens is 1. The normalized spacial score (nSPS) is 16.6. The van der Waals surface area contributed by atoms with Crippen LogP contribution in [0.25, 0.3) is 0 Å². The Kier molecular flexibility index (Phi) is 3.58. The second-order valence-electron chi connectivity index (χ2n) is 4.28. The van der Waals surface area contributed by atoms with E-state index in [-0.39, 0.29) is 0 Å². The van der Waals surface area contributed by atoms with Gasteiger partial charge in [-0.25, -0.2) is 4.98 Å². The molecule has 0 bridgehead atoms. The van der Waals surface area contributed by atoms with Crippen LogP contribution in [-0.4, -0.2) is 37.1 Å². The molecule has 1 amide bonds. The fourth-order valence-corrected chi connectivity index (χ4v) is 2.03. The number of aryl methyl sites for hydroxylation is 1. The van der Waals surface area contributed by atoms with Gasteiger partial charge in [0.05, 0.1) is 5.56 Å². The summed E-state index contributed by atoms with van der Waals surface area (Å²) in [6.45, 7) is 5.60. The van der Waals surface area contributed by atoms with Gasteiger partial charge >= 0.3 is 0 Å². The maximum atomic E-state index is 11.4. The van der Waals surface area contributed by atoms with Crippen LogP contribution in [0.3, 0.4) is 0 Å². The third-order valence-corrected chi connectivity index (χ3v) is 2.92. The van der Waals surface area contributed by atoms with Crippen molar-refractivity contribution in [2.75, 3.05) is 31.1 Å². The highest BCUT2D eigenvalue weighted by atomic mass is 16.1. The van der Waals surface area contributed by atoms with Crippen molar-refractivity contribution in [1.29, 1.82) is 0 Å². The van der Waals surface area contributed by atoms with Gasteiger partial charge in [0, 0.05) is 25.3 Å². The standard InChI is InChI=1S/C12H18N4O/c1-9-3-4-10(11(13)17)12(15-9)16-7-2-5-14-6-8-16/h3-4,14H,2,5-8H2,1H3,(H2,13,17). The monoisotopic (exact) mass is 234 g/mol. The summed E-state index contributed by atoms with van der Waals surface area (Å²) < 4.78 is 0. The number of rotatable bonds is 2. The Labute approximate surface area is 101 Å². The molecule has 2 heterocycles. The Morgan fingerprint density at radius 3 is 3.00 bits per heavy atom. The quantitative estimate of drug-likeness (QED) is 0.771. The van der Waals surface area contributed by atoms with Crippen LogP contribution in [0.2, 0.25) is 0 Å². The number of hydrogen-bond acceptors (Lipinski definition) is 4. The lowest BCUT2D eigenvalue weighted by Crippen LogP contribution is -2.31. The number of carbonyl (C=O) groups excluding carboxylic acids is 1. The van der Waals surface area contributed by atoms with Gasteiger partial charge in [0.2, 0.25) is 0 Å². The first-order chi connectivity index (χ1) is 8.18. The summed E-state index contributed by atoms with van der Waals surface area (Å²) >= 11 is 0. The number of nitrogens with two attached hydrogens (primary N) is 1. The van der Waals surface area contributed by atoms with Gasteiger partial charge in [-0.3, -0.25) is 4.79 Å². The van der Waals surface area contributed by atoms with E-state index in [4.69, 9.17) is 5.73 Å². The van der Waals surface area contributed by atoms with Crippen molar-refractivity contribution in [1.82, 2.24) is 10.3 Å². The second kappa shape index (κ2) is 5.14. The van der Waals surface area contributed by atoms with Crippen LogP contribution in [-0.2, 0) is 0 Å². The topological polar surface area (TPSA) is 71.2 Å². The molecule has 1 saturated heterocycles. The van der Waals surface area contributed by atoms with Gasteiger partial charge < -0.3 is 16.0 Å². The predicted octanol–water partition coefficient (Wildman–Crippen LogP) is 0.289. The van der Waals surface area contributed by atoms with Gasteiger partial charge in [-0.15, -0.1) is 0 Å². The molecular formula is C12H18N4O. The minimum Gasteiger partial charge on any atom is -0.365 e. The first kappa shape index (κ1) is 11.9. The van der Waals surface area contributed by atoms with E-state index in [0.717, 1.165) is 44.1 Å². The van der Waals surface area contributed by atoms with Crippen molar-refractivity contribution in [3.63, 3.8) is 0 Å². The molecule has 0 aliphatic carbocycles. The van der Waals surface area contributed by atoms with E-state index in [1.54, 1.807) is 6.07 Å². The molecule has 92 valence electrons. The summed E-state index contributed by atoms with van der Waals surface area (Å²) in [5, 5.41) is 3.32. The van der Waals surface area contributed by atoms with Crippen molar-refractivity contribution >= 4 is 11.7 Å². The van der Waals surface area contributed by atoms with Gasteiger partial charge in [-0.1, -0.05) is 0 Å². The zero-order chi connectivity index (χ0) is 12.3. The molecule has 0 radical (unpaired) electrons. The molecule has 1 aromatic rings. The molecule has 0 aromatic carbocycles. The molecule has 3 N–H and O–H groups in total. The Balaban J connectivity index is 2.34.